The van der Waals surface area contributed by atoms with E-state index in [1.165, 1.54) is 6.33 Å². The fourth-order valence-electron chi connectivity index (χ4n) is 2.16. The molecule has 0 unspecified atom stereocenters. The minimum Gasteiger partial charge on any atom is -0.320 e. The molecule has 1 amide bonds. The third-order valence-corrected chi connectivity index (χ3v) is 3.27. The number of para-hydroxylation sites is 1. The van der Waals surface area contributed by atoms with Gasteiger partial charge >= 0.3 is 0 Å². The maximum absolute atomic E-state index is 12.3. The van der Waals surface area contributed by atoms with Crippen LogP contribution in [0.1, 0.15) is 41.2 Å². The maximum atomic E-state index is 12.3. The Morgan fingerprint density at radius 2 is 1.80 bits per heavy atom. The Kier molecular flexibility index (Phi) is 4.45. The zero-order valence-electron chi connectivity index (χ0n) is 12.1. The van der Waals surface area contributed by atoms with Gasteiger partial charge in [0.05, 0.1) is 0 Å². The largest absolute Gasteiger partial charge is 0.320 e. The molecule has 0 spiro atoms. The van der Waals surface area contributed by atoms with E-state index in [9.17, 15) is 4.79 Å². The molecule has 0 radical (unpaired) electrons. The minimum atomic E-state index is -0.189. The van der Waals surface area contributed by atoms with Gasteiger partial charge in [0.25, 0.3) is 5.91 Å². The summed E-state index contributed by atoms with van der Waals surface area (Å²) in [6.45, 7) is 6.01. The molecule has 1 aromatic heterocycles. The first-order valence-electron chi connectivity index (χ1n) is 6.86. The molecule has 2 rings (SSSR count). The zero-order chi connectivity index (χ0) is 14.5. The average molecular weight is 269 g/mol. The molecular weight excluding hydrogens is 250 g/mol. The highest BCUT2D eigenvalue weighted by atomic mass is 16.1. The molecule has 1 aromatic carbocycles. The van der Waals surface area contributed by atoms with E-state index in [0.717, 1.165) is 35.3 Å². The summed E-state index contributed by atoms with van der Waals surface area (Å²) < 4.78 is 0. The van der Waals surface area contributed by atoms with Gasteiger partial charge in [-0.2, -0.15) is 0 Å². The van der Waals surface area contributed by atoms with Gasteiger partial charge in [0.15, 0.2) is 0 Å². The zero-order valence-corrected chi connectivity index (χ0v) is 12.1. The molecule has 1 N–H and O–H groups in total. The lowest BCUT2D eigenvalue weighted by Gasteiger charge is -2.14. The van der Waals surface area contributed by atoms with E-state index < -0.39 is 0 Å². The van der Waals surface area contributed by atoms with Gasteiger partial charge < -0.3 is 5.32 Å². The second kappa shape index (κ2) is 6.28. The Morgan fingerprint density at radius 3 is 2.35 bits per heavy atom. The van der Waals surface area contributed by atoms with E-state index in [-0.39, 0.29) is 5.91 Å². The molecule has 0 fully saturated rings. The molecule has 0 saturated carbocycles. The molecule has 4 nitrogen and oxygen atoms in total. The number of hydrogen-bond acceptors (Lipinski definition) is 3. The van der Waals surface area contributed by atoms with Crippen molar-refractivity contribution in [3.63, 3.8) is 0 Å². The van der Waals surface area contributed by atoms with E-state index in [0.29, 0.717) is 5.69 Å². The maximum Gasteiger partial charge on any atom is 0.274 e. The van der Waals surface area contributed by atoms with Crippen molar-refractivity contribution in [1.82, 2.24) is 9.97 Å². The first kappa shape index (κ1) is 14.2. The van der Waals surface area contributed by atoms with Gasteiger partial charge in [-0.3, -0.25) is 4.79 Å². The molecule has 4 heteroatoms. The Bertz CT molecular complexity index is 601. The van der Waals surface area contributed by atoms with Crippen LogP contribution >= 0.6 is 0 Å². The van der Waals surface area contributed by atoms with Crippen molar-refractivity contribution in [1.29, 1.82) is 0 Å². The number of carbonyl (C=O) groups is 1. The van der Waals surface area contributed by atoms with Gasteiger partial charge in [-0.15, -0.1) is 0 Å². The van der Waals surface area contributed by atoms with Crippen molar-refractivity contribution in [2.75, 3.05) is 5.32 Å². The first-order valence-corrected chi connectivity index (χ1v) is 6.86. The Morgan fingerprint density at radius 1 is 1.15 bits per heavy atom. The molecule has 104 valence electrons. The fraction of sp³-hybridized carbons (Fsp3) is 0.312. The summed E-state index contributed by atoms with van der Waals surface area (Å²) in [7, 11) is 0. The standard InChI is InChI=1S/C16H19N3O/c1-4-12-7-6-8-13(5-2)15(12)19-16(20)14-9-11(3)17-10-18-14/h6-10H,4-5H2,1-3H3,(H,19,20). The summed E-state index contributed by atoms with van der Waals surface area (Å²) in [5.41, 5.74) is 4.38. The second-order valence-electron chi connectivity index (χ2n) is 4.66. The van der Waals surface area contributed by atoms with Gasteiger partial charge in [-0.05, 0) is 37.0 Å². The van der Waals surface area contributed by atoms with Crippen LogP contribution in [-0.4, -0.2) is 15.9 Å². The van der Waals surface area contributed by atoms with Crippen LogP contribution in [0.4, 0.5) is 5.69 Å². The van der Waals surface area contributed by atoms with Gasteiger partial charge in [-0.1, -0.05) is 32.0 Å². The smallest absolute Gasteiger partial charge is 0.274 e. The Labute approximate surface area is 119 Å². The molecule has 2 aromatic rings. The molecule has 0 aliphatic rings. The number of rotatable bonds is 4. The van der Waals surface area contributed by atoms with Gasteiger partial charge in [0, 0.05) is 11.4 Å². The molecule has 0 atom stereocenters. The highest BCUT2D eigenvalue weighted by Crippen LogP contribution is 2.23. The monoisotopic (exact) mass is 269 g/mol. The first-order chi connectivity index (χ1) is 9.65. The Hall–Kier alpha value is -2.23. The fourth-order valence-corrected chi connectivity index (χ4v) is 2.16. The van der Waals surface area contributed by atoms with Crippen molar-refractivity contribution >= 4 is 11.6 Å². The minimum absolute atomic E-state index is 0.189. The number of carbonyl (C=O) groups excluding carboxylic acids is 1. The summed E-state index contributed by atoms with van der Waals surface area (Å²) in [6.07, 6.45) is 3.18. The highest BCUT2D eigenvalue weighted by Gasteiger charge is 2.12. The molecule has 0 aliphatic carbocycles. The highest BCUT2D eigenvalue weighted by molar-refractivity contribution is 6.03. The van der Waals surface area contributed by atoms with Crippen molar-refractivity contribution in [2.24, 2.45) is 0 Å². The van der Waals surface area contributed by atoms with Crippen molar-refractivity contribution in [3.8, 4) is 0 Å². The van der Waals surface area contributed by atoms with Crippen LogP contribution in [0.5, 0.6) is 0 Å². The number of anilines is 1. The Balaban J connectivity index is 2.32. The average Bonchev–Trinajstić information content (AvgIpc) is 2.47. The summed E-state index contributed by atoms with van der Waals surface area (Å²) in [5, 5.41) is 3.00. The number of nitrogens with zero attached hydrogens (tertiary/aromatic N) is 2. The molecule has 20 heavy (non-hydrogen) atoms. The summed E-state index contributed by atoms with van der Waals surface area (Å²) >= 11 is 0. The normalized spacial score (nSPS) is 10.3. The third-order valence-electron chi connectivity index (χ3n) is 3.27. The molecule has 1 heterocycles. The van der Waals surface area contributed by atoms with Crippen LogP contribution in [0.2, 0.25) is 0 Å². The van der Waals surface area contributed by atoms with E-state index in [2.05, 4.69) is 29.1 Å². The number of aryl methyl sites for hydroxylation is 3. The van der Waals surface area contributed by atoms with Crippen LogP contribution in [0.15, 0.2) is 30.6 Å². The van der Waals surface area contributed by atoms with E-state index in [1.807, 2.05) is 25.1 Å². The summed E-state index contributed by atoms with van der Waals surface area (Å²) in [4.78, 5) is 20.3. The van der Waals surface area contributed by atoms with Crippen LogP contribution in [-0.2, 0) is 12.8 Å². The van der Waals surface area contributed by atoms with Gasteiger partial charge in [0.1, 0.15) is 12.0 Å². The molecular formula is C16H19N3O. The topological polar surface area (TPSA) is 54.9 Å². The predicted molar refractivity (Wildman–Crippen MR) is 79.9 cm³/mol. The number of hydrogen-bond donors (Lipinski definition) is 1. The summed E-state index contributed by atoms with van der Waals surface area (Å²) in [5.74, 6) is -0.189. The number of amides is 1. The van der Waals surface area contributed by atoms with Crippen molar-refractivity contribution in [3.05, 3.63) is 53.1 Å². The second-order valence-corrected chi connectivity index (χ2v) is 4.66. The summed E-state index contributed by atoms with van der Waals surface area (Å²) in [6, 6.07) is 7.80. The lowest BCUT2D eigenvalue weighted by molar-refractivity contribution is 0.102. The molecule has 0 saturated heterocycles. The van der Waals surface area contributed by atoms with Crippen molar-refractivity contribution in [2.45, 2.75) is 33.6 Å². The van der Waals surface area contributed by atoms with E-state index >= 15 is 0 Å². The lowest BCUT2D eigenvalue weighted by atomic mass is 10.0. The van der Waals surface area contributed by atoms with Gasteiger partial charge in [-0.25, -0.2) is 9.97 Å². The third kappa shape index (κ3) is 3.02. The van der Waals surface area contributed by atoms with E-state index in [4.69, 9.17) is 0 Å². The van der Waals surface area contributed by atoms with Crippen LogP contribution in [0, 0.1) is 6.92 Å². The van der Waals surface area contributed by atoms with Crippen LogP contribution in [0.3, 0.4) is 0 Å². The number of aromatic nitrogens is 2. The lowest BCUT2D eigenvalue weighted by Crippen LogP contribution is -2.16. The van der Waals surface area contributed by atoms with Crippen LogP contribution < -0.4 is 5.32 Å². The number of nitrogens with one attached hydrogen (secondary N) is 1. The SMILES string of the molecule is CCc1cccc(CC)c1NC(=O)c1cc(C)ncn1. The van der Waals surface area contributed by atoms with E-state index in [1.54, 1.807) is 6.07 Å². The van der Waals surface area contributed by atoms with Crippen molar-refractivity contribution < 1.29 is 4.79 Å². The van der Waals surface area contributed by atoms with Gasteiger partial charge in [0.2, 0.25) is 0 Å². The number of benzene rings is 1. The van der Waals surface area contributed by atoms with Crippen LogP contribution in [0.25, 0.3) is 0 Å². The molecule has 0 bridgehead atoms. The quantitative estimate of drug-likeness (QED) is 0.927. The molecule has 0 aliphatic heterocycles. The predicted octanol–water partition coefficient (Wildman–Crippen LogP) is 3.16.